The molecule has 0 spiro atoms. The van der Waals surface area contributed by atoms with Gasteiger partial charge in [0.2, 0.25) is 0 Å². The summed E-state index contributed by atoms with van der Waals surface area (Å²) in [6.45, 7) is 0.497. The summed E-state index contributed by atoms with van der Waals surface area (Å²) < 4.78 is 11.7. The average Bonchev–Trinajstić information content (AvgIpc) is 2.54. The first kappa shape index (κ1) is 16.4. The standard InChI is InChI=1S/C17H18BrNO3/c1-19(11-13-7-3-4-8-14(13)18)17(20)12-22-16-10-6-5-9-15(16)21-2/h3-10H,11-12H2,1-2H3. The minimum Gasteiger partial charge on any atom is -0.493 e. The highest BCUT2D eigenvalue weighted by Gasteiger charge is 2.12. The molecule has 22 heavy (non-hydrogen) atoms. The van der Waals surface area contributed by atoms with Gasteiger partial charge in [-0.15, -0.1) is 0 Å². The summed E-state index contributed by atoms with van der Waals surface area (Å²) >= 11 is 3.48. The van der Waals surface area contributed by atoms with Gasteiger partial charge in [0.1, 0.15) is 0 Å². The largest absolute Gasteiger partial charge is 0.493 e. The number of halogens is 1. The summed E-state index contributed by atoms with van der Waals surface area (Å²) in [5.41, 5.74) is 1.05. The van der Waals surface area contributed by atoms with Crippen LogP contribution in [0.1, 0.15) is 5.56 Å². The Kier molecular flexibility index (Phi) is 5.83. The first-order valence-corrected chi connectivity index (χ1v) is 7.64. The molecule has 0 radical (unpaired) electrons. The second-order valence-electron chi connectivity index (χ2n) is 4.78. The number of para-hydroxylation sites is 2. The fourth-order valence-corrected chi connectivity index (χ4v) is 2.37. The smallest absolute Gasteiger partial charge is 0.260 e. The Balaban J connectivity index is 1.93. The lowest BCUT2D eigenvalue weighted by Gasteiger charge is -2.18. The van der Waals surface area contributed by atoms with Gasteiger partial charge in [0.15, 0.2) is 18.1 Å². The molecule has 5 heteroatoms. The van der Waals surface area contributed by atoms with E-state index in [4.69, 9.17) is 9.47 Å². The molecule has 2 aromatic carbocycles. The zero-order valence-corrected chi connectivity index (χ0v) is 14.2. The van der Waals surface area contributed by atoms with Gasteiger partial charge in [-0.3, -0.25) is 4.79 Å². The first-order chi connectivity index (χ1) is 10.6. The summed E-state index contributed by atoms with van der Waals surface area (Å²) in [5, 5.41) is 0. The molecule has 0 aromatic heterocycles. The van der Waals surface area contributed by atoms with Gasteiger partial charge in [0, 0.05) is 18.1 Å². The Bertz CT molecular complexity index is 645. The molecule has 0 aliphatic heterocycles. The van der Waals surface area contributed by atoms with E-state index in [0.29, 0.717) is 18.0 Å². The molecule has 0 aliphatic carbocycles. The molecule has 0 aliphatic rings. The van der Waals surface area contributed by atoms with Gasteiger partial charge in [0.25, 0.3) is 5.91 Å². The van der Waals surface area contributed by atoms with Gasteiger partial charge in [-0.2, -0.15) is 0 Å². The van der Waals surface area contributed by atoms with Crippen LogP contribution < -0.4 is 9.47 Å². The zero-order valence-electron chi connectivity index (χ0n) is 12.6. The van der Waals surface area contributed by atoms with E-state index in [1.165, 1.54) is 0 Å². The lowest BCUT2D eigenvalue weighted by Crippen LogP contribution is -2.31. The number of carbonyl (C=O) groups is 1. The normalized spacial score (nSPS) is 10.1. The Labute approximate surface area is 138 Å². The van der Waals surface area contributed by atoms with E-state index in [1.807, 2.05) is 36.4 Å². The van der Waals surface area contributed by atoms with Crippen LogP contribution in [0.4, 0.5) is 0 Å². The second kappa shape index (κ2) is 7.84. The van der Waals surface area contributed by atoms with Gasteiger partial charge in [0.05, 0.1) is 7.11 Å². The van der Waals surface area contributed by atoms with Crippen LogP contribution in [0, 0.1) is 0 Å². The van der Waals surface area contributed by atoms with Gasteiger partial charge in [-0.05, 0) is 23.8 Å². The summed E-state index contributed by atoms with van der Waals surface area (Å²) in [7, 11) is 3.33. The Morgan fingerprint density at radius 2 is 1.73 bits per heavy atom. The molecule has 0 atom stereocenters. The number of carbonyl (C=O) groups excluding carboxylic acids is 1. The van der Waals surface area contributed by atoms with E-state index in [-0.39, 0.29) is 12.5 Å². The highest BCUT2D eigenvalue weighted by Crippen LogP contribution is 2.25. The summed E-state index contributed by atoms with van der Waals surface area (Å²) in [6.07, 6.45) is 0. The molecule has 1 amide bonds. The van der Waals surface area contributed by atoms with Crippen molar-refractivity contribution in [1.29, 1.82) is 0 Å². The fraction of sp³-hybridized carbons (Fsp3) is 0.235. The first-order valence-electron chi connectivity index (χ1n) is 6.85. The maximum atomic E-state index is 12.2. The van der Waals surface area contributed by atoms with Crippen molar-refractivity contribution in [2.75, 3.05) is 20.8 Å². The molecule has 4 nitrogen and oxygen atoms in total. The SMILES string of the molecule is COc1ccccc1OCC(=O)N(C)Cc1ccccc1Br. The van der Waals surface area contributed by atoms with Crippen LogP contribution in [0.3, 0.4) is 0 Å². The average molecular weight is 364 g/mol. The molecule has 0 fully saturated rings. The lowest BCUT2D eigenvalue weighted by atomic mass is 10.2. The van der Waals surface area contributed by atoms with Crippen LogP contribution in [0.15, 0.2) is 53.0 Å². The summed E-state index contributed by atoms with van der Waals surface area (Å²) in [4.78, 5) is 13.8. The third-order valence-corrected chi connectivity index (χ3v) is 3.98. The number of methoxy groups -OCH3 is 1. The number of hydrogen-bond acceptors (Lipinski definition) is 3. The van der Waals surface area contributed by atoms with Crippen molar-refractivity contribution in [3.63, 3.8) is 0 Å². The number of hydrogen-bond donors (Lipinski definition) is 0. The van der Waals surface area contributed by atoms with Crippen molar-refractivity contribution < 1.29 is 14.3 Å². The van der Waals surface area contributed by atoms with Crippen LogP contribution in [-0.2, 0) is 11.3 Å². The molecule has 2 rings (SSSR count). The number of amides is 1. The van der Waals surface area contributed by atoms with Crippen LogP contribution in [0.2, 0.25) is 0 Å². The number of ether oxygens (including phenoxy) is 2. The molecule has 0 unspecified atom stereocenters. The van der Waals surface area contributed by atoms with Crippen molar-refractivity contribution >= 4 is 21.8 Å². The van der Waals surface area contributed by atoms with E-state index in [1.54, 1.807) is 31.2 Å². The van der Waals surface area contributed by atoms with Crippen LogP contribution >= 0.6 is 15.9 Å². The van der Waals surface area contributed by atoms with Gasteiger partial charge >= 0.3 is 0 Å². The molecule has 0 N–H and O–H groups in total. The monoisotopic (exact) mass is 363 g/mol. The van der Waals surface area contributed by atoms with Crippen LogP contribution in [-0.4, -0.2) is 31.6 Å². The summed E-state index contributed by atoms with van der Waals surface area (Å²) in [6, 6.07) is 15.1. The maximum absolute atomic E-state index is 12.2. The van der Waals surface area contributed by atoms with Crippen molar-refractivity contribution in [2.24, 2.45) is 0 Å². The van der Waals surface area contributed by atoms with E-state index in [2.05, 4.69) is 15.9 Å². The summed E-state index contributed by atoms with van der Waals surface area (Å²) in [5.74, 6) is 1.08. The van der Waals surface area contributed by atoms with Crippen molar-refractivity contribution in [3.8, 4) is 11.5 Å². The molecule has 0 saturated heterocycles. The Hall–Kier alpha value is -2.01. The van der Waals surface area contributed by atoms with E-state index in [0.717, 1.165) is 10.0 Å². The number of rotatable bonds is 6. The van der Waals surface area contributed by atoms with Gasteiger partial charge < -0.3 is 14.4 Å². The third-order valence-electron chi connectivity index (χ3n) is 3.21. The Morgan fingerprint density at radius 1 is 1.09 bits per heavy atom. The molecule has 2 aromatic rings. The molecule has 116 valence electrons. The molecular formula is C17H18BrNO3. The fourth-order valence-electron chi connectivity index (χ4n) is 1.96. The van der Waals surface area contributed by atoms with Crippen LogP contribution in [0.25, 0.3) is 0 Å². The molecule has 0 saturated carbocycles. The van der Waals surface area contributed by atoms with Crippen molar-refractivity contribution in [3.05, 3.63) is 58.6 Å². The van der Waals surface area contributed by atoms with Gasteiger partial charge in [-0.25, -0.2) is 0 Å². The predicted octanol–water partition coefficient (Wildman–Crippen LogP) is 3.50. The second-order valence-corrected chi connectivity index (χ2v) is 5.64. The highest BCUT2D eigenvalue weighted by atomic mass is 79.9. The number of likely N-dealkylation sites (N-methyl/N-ethyl adjacent to an activating group) is 1. The minimum atomic E-state index is -0.0957. The number of benzene rings is 2. The quantitative estimate of drug-likeness (QED) is 0.788. The van der Waals surface area contributed by atoms with E-state index in [9.17, 15) is 4.79 Å². The van der Waals surface area contributed by atoms with Crippen molar-refractivity contribution in [1.82, 2.24) is 4.90 Å². The highest BCUT2D eigenvalue weighted by molar-refractivity contribution is 9.10. The lowest BCUT2D eigenvalue weighted by molar-refractivity contribution is -0.132. The van der Waals surface area contributed by atoms with Gasteiger partial charge in [-0.1, -0.05) is 46.3 Å². The molecule has 0 bridgehead atoms. The maximum Gasteiger partial charge on any atom is 0.260 e. The molecular weight excluding hydrogens is 346 g/mol. The number of nitrogens with zero attached hydrogens (tertiary/aromatic N) is 1. The van der Waals surface area contributed by atoms with E-state index < -0.39 is 0 Å². The van der Waals surface area contributed by atoms with E-state index >= 15 is 0 Å². The molecule has 0 heterocycles. The minimum absolute atomic E-state index is 0.0265. The Morgan fingerprint density at radius 3 is 2.41 bits per heavy atom. The predicted molar refractivity (Wildman–Crippen MR) is 89.1 cm³/mol. The zero-order chi connectivity index (χ0) is 15.9. The van der Waals surface area contributed by atoms with Crippen molar-refractivity contribution in [2.45, 2.75) is 6.54 Å². The third kappa shape index (κ3) is 4.24. The topological polar surface area (TPSA) is 38.8 Å². The van der Waals surface area contributed by atoms with Crippen LogP contribution in [0.5, 0.6) is 11.5 Å².